The molecule has 1 atom stereocenters. The van der Waals surface area contributed by atoms with Crippen molar-refractivity contribution in [3.8, 4) is 0 Å². The van der Waals surface area contributed by atoms with Gasteiger partial charge in [-0.2, -0.15) is 0 Å². The average Bonchev–Trinajstić information content (AvgIpc) is 2.32. The summed E-state index contributed by atoms with van der Waals surface area (Å²) in [5, 5.41) is 14.6. The third kappa shape index (κ3) is 4.22. The smallest absolute Gasteiger partial charge is 0.141 e. The predicted octanol–water partition coefficient (Wildman–Crippen LogP) is 2.92. The molecule has 4 nitrogen and oxygen atoms in total. The molecular weight excluding hydrogens is 289 g/mol. The van der Waals surface area contributed by atoms with Crippen LogP contribution in [-0.2, 0) is 0 Å². The highest BCUT2D eigenvalue weighted by atomic mass is 79.9. The Labute approximate surface area is 108 Å². The van der Waals surface area contributed by atoms with Crippen molar-refractivity contribution in [2.24, 2.45) is 10.9 Å². The van der Waals surface area contributed by atoms with E-state index in [9.17, 15) is 4.39 Å². The van der Waals surface area contributed by atoms with Crippen LogP contribution in [-0.4, -0.2) is 17.1 Å². The molecule has 0 aromatic heterocycles. The molecule has 0 spiro atoms. The van der Waals surface area contributed by atoms with E-state index in [-0.39, 0.29) is 17.7 Å². The molecule has 0 saturated carbocycles. The van der Waals surface area contributed by atoms with Gasteiger partial charge < -0.3 is 16.3 Å². The highest BCUT2D eigenvalue weighted by molar-refractivity contribution is 9.10. The number of hydrogen-bond donors (Lipinski definition) is 3. The van der Waals surface area contributed by atoms with E-state index in [0.717, 1.165) is 10.9 Å². The maximum Gasteiger partial charge on any atom is 0.141 e. The summed E-state index contributed by atoms with van der Waals surface area (Å²) in [7, 11) is 0. The Bertz CT molecular complexity index is 412. The molecule has 4 N–H and O–H groups in total. The van der Waals surface area contributed by atoms with Gasteiger partial charge in [-0.15, -0.1) is 0 Å². The van der Waals surface area contributed by atoms with Gasteiger partial charge in [0, 0.05) is 16.9 Å². The van der Waals surface area contributed by atoms with E-state index in [1.807, 2.05) is 6.92 Å². The maximum atomic E-state index is 13.1. The number of rotatable bonds is 5. The predicted molar refractivity (Wildman–Crippen MR) is 69.8 cm³/mol. The van der Waals surface area contributed by atoms with Crippen LogP contribution in [0.3, 0.4) is 0 Å². The Kier molecular flexibility index (Phi) is 5.21. The lowest BCUT2D eigenvalue weighted by atomic mass is 10.1. The zero-order valence-electron chi connectivity index (χ0n) is 9.45. The van der Waals surface area contributed by atoms with E-state index in [1.54, 1.807) is 6.07 Å². The second kappa shape index (κ2) is 6.44. The molecule has 0 aliphatic rings. The molecule has 1 aromatic carbocycles. The van der Waals surface area contributed by atoms with Crippen molar-refractivity contribution >= 4 is 27.5 Å². The van der Waals surface area contributed by atoms with Crippen molar-refractivity contribution in [3.05, 3.63) is 28.5 Å². The standard InChI is InChI=1S/C11H15BrFN3O/c1-2-8(6-11(14)16-17)15-10-5-7(13)3-4-9(10)12/h3-5,8,15,17H,2,6H2,1H3,(H2,14,16). The topological polar surface area (TPSA) is 70.6 Å². The summed E-state index contributed by atoms with van der Waals surface area (Å²) in [6.07, 6.45) is 1.18. The van der Waals surface area contributed by atoms with Gasteiger partial charge in [0.25, 0.3) is 0 Å². The van der Waals surface area contributed by atoms with Gasteiger partial charge in [-0.1, -0.05) is 12.1 Å². The number of nitrogens with one attached hydrogen (secondary N) is 1. The Morgan fingerprint density at radius 1 is 1.65 bits per heavy atom. The van der Waals surface area contributed by atoms with Crippen molar-refractivity contribution in [1.82, 2.24) is 0 Å². The highest BCUT2D eigenvalue weighted by Gasteiger charge is 2.11. The van der Waals surface area contributed by atoms with Gasteiger partial charge in [0.05, 0.1) is 5.69 Å². The summed E-state index contributed by atoms with van der Waals surface area (Å²) in [4.78, 5) is 0. The first kappa shape index (κ1) is 13.8. The summed E-state index contributed by atoms with van der Waals surface area (Å²) in [6.45, 7) is 1.97. The van der Waals surface area contributed by atoms with E-state index in [2.05, 4.69) is 26.4 Å². The highest BCUT2D eigenvalue weighted by Crippen LogP contribution is 2.24. The summed E-state index contributed by atoms with van der Waals surface area (Å²) < 4.78 is 13.9. The lowest BCUT2D eigenvalue weighted by molar-refractivity contribution is 0.316. The van der Waals surface area contributed by atoms with Crippen LogP contribution in [0.25, 0.3) is 0 Å². The van der Waals surface area contributed by atoms with Crippen LogP contribution in [0.5, 0.6) is 0 Å². The van der Waals surface area contributed by atoms with Crippen LogP contribution in [0.1, 0.15) is 19.8 Å². The number of benzene rings is 1. The van der Waals surface area contributed by atoms with E-state index in [4.69, 9.17) is 10.9 Å². The molecule has 17 heavy (non-hydrogen) atoms. The molecule has 1 unspecified atom stereocenters. The SMILES string of the molecule is CCC(C/C(N)=N/O)Nc1cc(F)ccc1Br. The minimum Gasteiger partial charge on any atom is -0.409 e. The monoisotopic (exact) mass is 303 g/mol. The number of amidine groups is 1. The normalized spacial score (nSPS) is 13.5. The number of nitrogens with zero attached hydrogens (tertiary/aromatic N) is 1. The van der Waals surface area contributed by atoms with E-state index >= 15 is 0 Å². The van der Waals surface area contributed by atoms with Crippen molar-refractivity contribution in [1.29, 1.82) is 0 Å². The van der Waals surface area contributed by atoms with Crippen LogP contribution < -0.4 is 11.1 Å². The second-order valence-electron chi connectivity index (χ2n) is 3.67. The lowest BCUT2D eigenvalue weighted by Gasteiger charge is -2.18. The van der Waals surface area contributed by atoms with Crippen LogP contribution in [0.15, 0.2) is 27.8 Å². The molecule has 0 radical (unpaired) electrons. The molecule has 6 heteroatoms. The van der Waals surface area contributed by atoms with Gasteiger partial charge in [0.15, 0.2) is 0 Å². The summed E-state index contributed by atoms with van der Waals surface area (Å²) in [5.74, 6) is -0.161. The minimum absolute atomic E-state index is 0.0102. The van der Waals surface area contributed by atoms with Crippen LogP contribution >= 0.6 is 15.9 Å². The Morgan fingerprint density at radius 2 is 2.35 bits per heavy atom. The molecule has 0 amide bonds. The molecule has 0 saturated heterocycles. The first-order valence-corrected chi connectivity index (χ1v) is 6.04. The van der Waals surface area contributed by atoms with Crippen molar-refractivity contribution in [3.63, 3.8) is 0 Å². The van der Waals surface area contributed by atoms with Gasteiger partial charge in [-0.3, -0.25) is 0 Å². The van der Waals surface area contributed by atoms with Gasteiger partial charge in [-0.25, -0.2) is 4.39 Å². The van der Waals surface area contributed by atoms with Crippen LogP contribution in [0.4, 0.5) is 10.1 Å². The van der Waals surface area contributed by atoms with Crippen molar-refractivity contribution in [2.75, 3.05) is 5.32 Å². The maximum absolute atomic E-state index is 13.1. The largest absolute Gasteiger partial charge is 0.409 e. The summed E-state index contributed by atoms with van der Waals surface area (Å²) in [6, 6.07) is 4.40. The number of halogens is 2. The molecule has 0 heterocycles. The Hall–Kier alpha value is -1.30. The van der Waals surface area contributed by atoms with E-state index in [0.29, 0.717) is 12.1 Å². The second-order valence-corrected chi connectivity index (χ2v) is 4.52. The van der Waals surface area contributed by atoms with E-state index < -0.39 is 0 Å². The van der Waals surface area contributed by atoms with E-state index in [1.165, 1.54) is 12.1 Å². The van der Waals surface area contributed by atoms with Crippen molar-refractivity contribution in [2.45, 2.75) is 25.8 Å². The molecule has 0 fully saturated rings. The van der Waals surface area contributed by atoms with Crippen molar-refractivity contribution < 1.29 is 9.60 Å². The Balaban J connectivity index is 2.76. The van der Waals surface area contributed by atoms with Crippen LogP contribution in [0.2, 0.25) is 0 Å². The van der Waals surface area contributed by atoms with Gasteiger partial charge in [0.2, 0.25) is 0 Å². The number of nitrogens with two attached hydrogens (primary N) is 1. The molecule has 1 aromatic rings. The first-order chi connectivity index (χ1) is 8.06. The fraction of sp³-hybridized carbons (Fsp3) is 0.364. The summed E-state index contributed by atoms with van der Waals surface area (Å²) in [5.41, 5.74) is 6.10. The number of oxime groups is 1. The zero-order chi connectivity index (χ0) is 12.8. The van der Waals surface area contributed by atoms with Crippen LogP contribution in [0, 0.1) is 5.82 Å². The first-order valence-electron chi connectivity index (χ1n) is 5.24. The number of anilines is 1. The molecular formula is C11H15BrFN3O. The van der Waals surface area contributed by atoms with Gasteiger partial charge in [0.1, 0.15) is 11.7 Å². The third-order valence-corrected chi connectivity index (χ3v) is 3.06. The average molecular weight is 304 g/mol. The molecule has 1 rings (SSSR count). The molecule has 0 aliphatic heterocycles. The fourth-order valence-corrected chi connectivity index (χ4v) is 1.78. The fourth-order valence-electron chi connectivity index (χ4n) is 1.42. The quantitative estimate of drug-likeness (QED) is 0.339. The zero-order valence-corrected chi connectivity index (χ0v) is 11.0. The molecule has 94 valence electrons. The Morgan fingerprint density at radius 3 is 2.94 bits per heavy atom. The minimum atomic E-state index is -0.311. The lowest BCUT2D eigenvalue weighted by Crippen LogP contribution is -2.26. The molecule has 0 bridgehead atoms. The molecule has 0 aliphatic carbocycles. The number of hydrogen-bond acceptors (Lipinski definition) is 3. The van der Waals surface area contributed by atoms with Gasteiger partial charge in [-0.05, 0) is 40.5 Å². The summed E-state index contributed by atoms with van der Waals surface area (Å²) >= 11 is 3.33. The third-order valence-electron chi connectivity index (χ3n) is 2.36. The van der Waals surface area contributed by atoms with Gasteiger partial charge >= 0.3 is 0 Å².